The number of likely N-dealkylation sites (tertiary alicyclic amines) is 1. The number of carbonyl (C=O) groups excluding carboxylic acids is 2. The van der Waals surface area contributed by atoms with Crippen molar-refractivity contribution in [3.05, 3.63) is 83.4 Å². The van der Waals surface area contributed by atoms with E-state index in [1.807, 2.05) is 29.1 Å². The summed E-state index contributed by atoms with van der Waals surface area (Å²) in [5, 5.41) is 4.32. The van der Waals surface area contributed by atoms with Crippen LogP contribution in [0.25, 0.3) is 5.69 Å². The number of hydrogen-bond donors (Lipinski definition) is 1. The first-order chi connectivity index (χ1) is 18.0. The summed E-state index contributed by atoms with van der Waals surface area (Å²) in [7, 11) is 0. The van der Waals surface area contributed by atoms with Gasteiger partial charge in [0.2, 0.25) is 5.91 Å². The molecule has 2 aromatic carbocycles. The lowest BCUT2D eigenvalue weighted by Gasteiger charge is -2.34. The monoisotopic (exact) mass is 502 g/mol. The number of halogens is 1. The number of rotatable bonds is 8. The number of nitrogens with two attached hydrogens (primary N) is 1. The summed E-state index contributed by atoms with van der Waals surface area (Å²) < 4.78 is 15.0. The van der Waals surface area contributed by atoms with Crippen LogP contribution in [0.5, 0.6) is 0 Å². The molecule has 0 bridgehead atoms. The average Bonchev–Trinajstić information content (AvgIpc) is 3.47. The Morgan fingerprint density at radius 2 is 1.70 bits per heavy atom. The SMILES string of the molecule is NC(=O)c1ccc(-n2cccn2)cc1C1CCC(CCN2CCC(C(=O)c3ccc(F)cc3)CC2)CC1. The van der Waals surface area contributed by atoms with Crippen LogP contribution >= 0.6 is 0 Å². The number of amides is 1. The first-order valence-corrected chi connectivity index (χ1v) is 13.4. The Balaban J connectivity index is 1.10. The number of ketones is 1. The van der Waals surface area contributed by atoms with Gasteiger partial charge in [0.1, 0.15) is 5.82 Å². The maximum absolute atomic E-state index is 13.2. The van der Waals surface area contributed by atoms with Crippen molar-refractivity contribution in [3.8, 4) is 5.69 Å². The van der Waals surface area contributed by atoms with Gasteiger partial charge in [0, 0.05) is 29.4 Å². The van der Waals surface area contributed by atoms with Crippen LogP contribution in [-0.2, 0) is 0 Å². The number of hydrogen-bond acceptors (Lipinski definition) is 4. The van der Waals surface area contributed by atoms with E-state index in [1.54, 1.807) is 18.3 Å². The number of nitrogens with zero attached hydrogens (tertiary/aromatic N) is 3. The number of primary amides is 1. The summed E-state index contributed by atoms with van der Waals surface area (Å²) in [6, 6.07) is 13.6. The molecule has 2 fully saturated rings. The normalized spacial score (nSPS) is 21.1. The molecule has 2 aliphatic rings. The molecule has 0 atom stereocenters. The summed E-state index contributed by atoms with van der Waals surface area (Å²) in [5.41, 5.74) is 8.95. The van der Waals surface area contributed by atoms with Gasteiger partial charge in [-0.15, -0.1) is 0 Å². The molecule has 1 aliphatic heterocycles. The van der Waals surface area contributed by atoms with Gasteiger partial charge in [-0.05, 0) is 131 Å². The van der Waals surface area contributed by atoms with Crippen LogP contribution in [0.1, 0.15) is 77.1 Å². The molecule has 0 spiro atoms. The van der Waals surface area contributed by atoms with Crippen LogP contribution in [0.15, 0.2) is 60.9 Å². The Morgan fingerprint density at radius 3 is 2.35 bits per heavy atom. The standard InChI is InChI=1S/C30H35FN4O2/c31-25-8-6-23(7-9-25)29(36)24-13-18-34(19-14-24)17-12-21-2-4-22(5-3-21)28-20-26(35-16-1-15-33-35)10-11-27(28)30(32)37/h1,6-11,15-16,20-22,24H,2-5,12-14,17-19H2,(H2,32,37). The maximum atomic E-state index is 13.2. The van der Waals surface area contributed by atoms with Gasteiger partial charge < -0.3 is 10.6 Å². The van der Waals surface area contributed by atoms with Gasteiger partial charge in [0.15, 0.2) is 5.78 Å². The topological polar surface area (TPSA) is 81.2 Å². The van der Waals surface area contributed by atoms with Crippen molar-refractivity contribution in [2.24, 2.45) is 17.6 Å². The fourth-order valence-corrected chi connectivity index (χ4v) is 6.07. The molecular formula is C30H35FN4O2. The molecule has 2 N–H and O–H groups in total. The Labute approximate surface area is 217 Å². The summed E-state index contributed by atoms with van der Waals surface area (Å²) in [6.07, 6.45) is 11.0. The molecule has 6 nitrogen and oxygen atoms in total. The van der Waals surface area contributed by atoms with E-state index in [0.717, 1.165) is 69.4 Å². The molecule has 7 heteroatoms. The second-order valence-electron chi connectivity index (χ2n) is 10.6. The Bertz CT molecular complexity index is 1210. The number of piperidine rings is 1. The third kappa shape index (κ3) is 5.99. The Kier molecular flexibility index (Phi) is 7.79. The lowest BCUT2D eigenvalue weighted by molar-refractivity contribution is 0.0832. The van der Waals surface area contributed by atoms with Crippen molar-refractivity contribution >= 4 is 11.7 Å². The maximum Gasteiger partial charge on any atom is 0.248 e. The van der Waals surface area contributed by atoms with Crippen LogP contribution in [0.2, 0.25) is 0 Å². The van der Waals surface area contributed by atoms with E-state index in [4.69, 9.17) is 5.73 Å². The van der Waals surface area contributed by atoms with Crippen molar-refractivity contribution in [1.29, 1.82) is 0 Å². The lowest BCUT2D eigenvalue weighted by atomic mass is 9.76. The van der Waals surface area contributed by atoms with Crippen molar-refractivity contribution in [1.82, 2.24) is 14.7 Å². The number of Topliss-reactive ketones (excluding diaryl/α,β-unsaturated/α-hetero) is 1. The Hall–Kier alpha value is -3.32. The summed E-state index contributed by atoms with van der Waals surface area (Å²) in [5.74, 6) is 0.518. The van der Waals surface area contributed by atoms with E-state index in [9.17, 15) is 14.0 Å². The third-order valence-corrected chi connectivity index (χ3v) is 8.30. The highest BCUT2D eigenvalue weighted by molar-refractivity contribution is 5.97. The van der Waals surface area contributed by atoms with Gasteiger partial charge >= 0.3 is 0 Å². The van der Waals surface area contributed by atoms with E-state index >= 15 is 0 Å². The van der Waals surface area contributed by atoms with Crippen LogP contribution in [0.3, 0.4) is 0 Å². The quantitative estimate of drug-likeness (QED) is 0.420. The first kappa shape index (κ1) is 25.3. The van der Waals surface area contributed by atoms with Crippen molar-refractivity contribution in [2.45, 2.75) is 50.9 Å². The minimum absolute atomic E-state index is 0.0362. The minimum atomic E-state index is -0.370. The predicted octanol–water partition coefficient (Wildman–Crippen LogP) is 5.37. The number of aromatic nitrogens is 2. The molecule has 1 aliphatic carbocycles. The fourth-order valence-electron chi connectivity index (χ4n) is 6.07. The van der Waals surface area contributed by atoms with Crippen LogP contribution in [0, 0.1) is 17.7 Å². The summed E-state index contributed by atoms with van der Waals surface area (Å²) in [6.45, 7) is 2.94. The minimum Gasteiger partial charge on any atom is -0.366 e. The molecule has 0 radical (unpaired) electrons. The van der Waals surface area contributed by atoms with E-state index in [-0.39, 0.29) is 23.4 Å². The zero-order valence-electron chi connectivity index (χ0n) is 21.2. The highest BCUT2D eigenvalue weighted by atomic mass is 19.1. The fraction of sp³-hybridized carbons (Fsp3) is 0.433. The second-order valence-corrected chi connectivity index (χ2v) is 10.6. The highest BCUT2D eigenvalue weighted by Gasteiger charge is 2.28. The number of benzene rings is 2. The third-order valence-electron chi connectivity index (χ3n) is 8.30. The van der Waals surface area contributed by atoms with Crippen molar-refractivity contribution < 1.29 is 14.0 Å². The zero-order valence-corrected chi connectivity index (χ0v) is 21.2. The van der Waals surface area contributed by atoms with Crippen molar-refractivity contribution in [2.75, 3.05) is 19.6 Å². The van der Waals surface area contributed by atoms with Gasteiger partial charge in [0.25, 0.3) is 0 Å². The van der Waals surface area contributed by atoms with Gasteiger partial charge in [-0.1, -0.05) is 0 Å². The molecule has 194 valence electrons. The molecule has 1 saturated carbocycles. The van der Waals surface area contributed by atoms with Crippen LogP contribution < -0.4 is 5.73 Å². The van der Waals surface area contributed by atoms with Crippen molar-refractivity contribution in [3.63, 3.8) is 0 Å². The Morgan fingerprint density at radius 1 is 0.973 bits per heavy atom. The van der Waals surface area contributed by atoms with E-state index in [2.05, 4.69) is 16.1 Å². The van der Waals surface area contributed by atoms with Gasteiger partial charge in [-0.3, -0.25) is 9.59 Å². The van der Waals surface area contributed by atoms with Gasteiger partial charge in [0.05, 0.1) is 5.69 Å². The molecule has 2 heterocycles. The molecule has 1 saturated heterocycles. The average molecular weight is 503 g/mol. The van der Waals surface area contributed by atoms with E-state index in [1.165, 1.54) is 18.6 Å². The van der Waals surface area contributed by atoms with Gasteiger partial charge in [-0.2, -0.15) is 5.10 Å². The van der Waals surface area contributed by atoms with Gasteiger partial charge in [-0.25, -0.2) is 9.07 Å². The smallest absolute Gasteiger partial charge is 0.248 e. The molecule has 0 unspecified atom stereocenters. The molecule has 1 aromatic heterocycles. The highest BCUT2D eigenvalue weighted by Crippen LogP contribution is 2.39. The molecule has 37 heavy (non-hydrogen) atoms. The van der Waals surface area contributed by atoms with Crippen LogP contribution in [0.4, 0.5) is 4.39 Å². The van der Waals surface area contributed by atoms with E-state index in [0.29, 0.717) is 23.0 Å². The molecular weight excluding hydrogens is 467 g/mol. The predicted molar refractivity (Wildman–Crippen MR) is 141 cm³/mol. The zero-order chi connectivity index (χ0) is 25.8. The summed E-state index contributed by atoms with van der Waals surface area (Å²) >= 11 is 0. The number of carbonyl (C=O) groups is 2. The largest absolute Gasteiger partial charge is 0.366 e. The van der Waals surface area contributed by atoms with Crippen LogP contribution in [-0.4, -0.2) is 46.0 Å². The molecule has 3 aromatic rings. The summed E-state index contributed by atoms with van der Waals surface area (Å²) in [4.78, 5) is 27.4. The molecule has 5 rings (SSSR count). The molecule has 1 amide bonds. The first-order valence-electron chi connectivity index (χ1n) is 13.4. The van der Waals surface area contributed by atoms with E-state index < -0.39 is 0 Å². The second kappa shape index (κ2) is 11.4. The lowest BCUT2D eigenvalue weighted by Crippen LogP contribution is -2.37.